The number of aromatic amines is 1. The molecule has 0 amide bonds. The van der Waals surface area contributed by atoms with Gasteiger partial charge in [-0.1, -0.05) is 0 Å². The van der Waals surface area contributed by atoms with E-state index in [-0.39, 0.29) is 46.8 Å². The van der Waals surface area contributed by atoms with Crippen molar-refractivity contribution in [2.45, 2.75) is 68.7 Å². The average Bonchev–Trinajstić information content (AvgIpc) is 3.72. The van der Waals surface area contributed by atoms with Crippen LogP contribution >= 0.6 is 0 Å². The summed E-state index contributed by atoms with van der Waals surface area (Å²) in [7, 11) is -8.33. The van der Waals surface area contributed by atoms with Gasteiger partial charge >= 0.3 is 0 Å². The molecule has 2 bridgehead atoms. The number of ether oxygens (including phenoxy) is 2. The third kappa shape index (κ3) is 5.25. The minimum atomic E-state index is -4.19. The number of nitrogens with one attached hydrogen (secondary N) is 3. The van der Waals surface area contributed by atoms with E-state index in [1.54, 1.807) is 6.92 Å². The Morgan fingerprint density at radius 2 is 1.47 bits per heavy atom. The first-order valence-corrected chi connectivity index (χ1v) is 17.2. The topological polar surface area (TPSA) is 284 Å². The first kappa shape index (κ1) is 30.0. The lowest BCUT2D eigenvalue weighted by Gasteiger charge is -2.24. The van der Waals surface area contributed by atoms with Gasteiger partial charge in [-0.25, -0.2) is 51.2 Å². The van der Waals surface area contributed by atoms with Gasteiger partial charge in [-0.05, 0) is 19.8 Å². The monoisotopic (exact) mass is 667 g/mol. The van der Waals surface area contributed by atoms with Crippen molar-refractivity contribution in [1.82, 2.24) is 48.5 Å². The molecule has 7 N–H and O–H groups in total. The van der Waals surface area contributed by atoms with Gasteiger partial charge < -0.3 is 30.4 Å². The Morgan fingerprint density at radius 3 is 2.20 bits per heavy atom. The van der Waals surface area contributed by atoms with Crippen molar-refractivity contribution in [1.29, 1.82) is 0 Å². The van der Waals surface area contributed by atoms with Crippen LogP contribution in [-0.2, 0) is 29.5 Å². The fraction of sp³-hybridized carbons (Fsp3) is 0.565. The largest absolute Gasteiger partial charge is 0.389 e. The van der Waals surface area contributed by atoms with Crippen LogP contribution in [0.4, 0.5) is 5.82 Å². The van der Waals surface area contributed by atoms with E-state index in [1.807, 2.05) is 0 Å². The van der Waals surface area contributed by atoms with Crippen LogP contribution in [0.5, 0.6) is 0 Å². The molecule has 4 aromatic heterocycles. The number of imidazole rings is 2. The quantitative estimate of drug-likeness (QED) is 0.122. The lowest BCUT2D eigenvalue weighted by molar-refractivity contribution is -0.0353. The Morgan fingerprint density at radius 1 is 0.844 bits per heavy atom. The summed E-state index contributed by atoms with van der Waals surface area (Å²) < 4.78 is 73.2. The summed E-state index contributed by atoms with van der Waals surface area (Å²) in [4.78, 5) is 35.5. The van der Waals surface area contributed by atoms with Gasteiger partial charge in [-0.3, -0.25) is 13.9 Å². The number of aliphatic hydroxyl groups is 2. The van der Waals surface area contributed by atoms with Crippen LogP contribution in [0.2, 0.25) is 0 Å². The van der Waals surface area contributed by atoms with Gasteiger partial charge in [0.2, 0.25) is 20.0 Å². The van der Waals surface area contributed by atoms with Gasteiger partial charge in [0.05, 0.1) is 48.5 Å². The van der Waals surface area contributed by atoms with Crippen molar-refractivity contribution in [3.63, 3.8) is 0 Å². The van der Waals surface area contributed by atoms with Crippen LogP contribution < -0.4 is 20.7 Å². The van der Waals surface area contributed by atoms with Gasteiger partial charge in [0.25, 0.3) is 5.56 Å². The number of hydrogen-bond acceptors (Lipinski definition) is 15. The van der Waals surface area contributed by atoms with E-state index in [0.29, 0.717) is 0 Å². The van der Waals surface area contributed by atoms with E-state index in [9.17, 15) is 31.8 Å². The number of hydrogen-bond donors (Lipinski definition) is 6. The Kier molecular flexibility index (Phi) is 7.16. The smallest absolute Gasteiger partial charge is 0.279 e. The molecule has 7 heterocycles. The van der Waals surface area contributed by atoms with E-state index >= 15 is 0 Å². The van der Waals surface area contributed by atoms with Gasteiger partial charge in [-0.2, -0.15) is 0 Å². The highest BCUT2D eigenvalue weighted by molar-refractivity contribution is 7.89. The molecular weight excluding hydrogens is 638 g/mol. The molecule has 0 saturated carbocycles. The fourth-order valence-corrected chi connectivity index (χ4v) is 8.77. The number of anilines is 1. The van der Waals surface area contributed by atoms with E-state index in [2.05, 4.69) is 39.3 Å². The first-order valence-electron chi connectivity index (χ1n) is 13.9. The molecule has 3 aliphatic heterocycles. The highest BCUT2D eigenvalue weighted by Gasteiger charge is 2.50. The Balaban J connectivity index is 1.21. The van der Waals surface area contributed by atoms with Crippen LogP contribution in [0.3, 0.4) is 0 Å². The normalized spacial score (nSPS) is 33.4. The second-order valence-electron chi connectivity index (χ2n) is 11.2. The van der Waals surface area contributed by atoms with Gasteiger partial charge in [-0.15, -0.1) is 0 Å². The maximum atomic E-state index is 13.4. The van der Waals surface area contributed by atoms with Crippen molar-refractivity contribution in [3.05, 3.63) is 35.2 Å². The predicted molar refractivity (Wildman–Crippen MR) is 153 cm³/mol. The second-order valence-corrected chi connectivity index (χ2v) is 14.9. The lowest BCUT2D eigenvalue weighted by atomic mass is 10.1. The van der Waals surface area contributed by atoms with Crippen molar-refractivity contribution in [2.24, 2.45) is 0 Å². The summed E-state index contributed by atoms with van der Waals surface area (Å²) in [6.45, 7) is 1.56. The molecule has 2 unspecified atom stereocenters. The van der Waals surface area contributed by atoms with Crippen molar-refractivity contribution >= 4 is 48.2 Å². The molecule has 3 fully saturated rings. The molecule has 0 aliphatic carbocycles. The van der Waals surface area contributed by atoms with E-state index in [1.165, 1.54) is 28.1 Å². The number of aliphatic hydroxyl groups excluding tert-OH is 2. The summed E-state index contributed by atoms with van der Waals surface area (Å²) >= 11 is 0. The van der Waals surface area contributed by atoms with Crippen LogP contribution in [0.15, 0.2) is 23.8 Å². The third-order valence-electron chi connectivity index (χ3n) is 8.20. The number of nitrogens with zero attached hydrogens (tertiary/aromatic N) is 7. The molecule has 4 aromatic rings. The van der Waals surface area contributed by atoms with Gasteiger partial charge in [0.15, 0.2) is 35.1 Å². The van der Waals surface area contributed by atoms with Crippen molar-refractivity contribution in [2.75, 3.05) is 17.2 Å². The Labute approximate surface area is 254 Å². The van der Waals surface area contributed by atoms with E-state index in [4.69, 9.17) is 15.2 Å². The summed E-state index contributed by atoms with van der Waals surface area (Å²) in [5, 5.41) is 22.5. The molecule has 242 valence electrons. The highest BCUT2D eigenvalue weighted by atomic mass is 32.2. The van der Waals surface area contributed by atoms with E-state index in [0.717, 1.165) is 0 Å². The zero-order chi connectivity index (χ0) is 31.8. The minimum Gasteiger partial charge on any atom is -0.389 e. The minimum absolute atomic E-state index is 0.0257. The molecular formula is C23H29N11O9S2. The molecule has 22 heteroatoms. The highest BCUT2D eigenvalue weighted by Crippen LogP contribution is 2.36. The number of rotatable bonds is 2. The Bertz CT molecular complexity index is 2060. The summed E-state index contributed by atoms with van der Waals surface area (Å²) in [6, 6.07) is -2.54. The number of sulfonamides is 2. The predicted octanol–water partition coefficient (Wildman–Crippen LogP) is -3.26. The maximum absolute atomic E-state index is 13.4. The van der Waals surface area contributed by atoms with Gasteiger partial charge in [0.1, 0.15) is 29.9 Å². The molecule has 3 aliphatic rings. The SMILES string of the molecule is Cc1nc2c(ncn2[C@@H]2O[C@@H]3CCS(=O)(=O)N[C@@H]4C(O)[C@H](n5cnc6c(N)ncnc65)O[C@@H]4CCS(=O)(=O)N[C@H]2C3O)c(=O)[nH]1. The summed E-state index contributed by atoms with van der Waals surface area (Å²) in [5.74, 6) is -0.754. The number of nitrogen functional groups attached to an aromatic ring is 1. The summed E-state index contributed by atoms with van der Waals surface area (Å²) in [5.41, 5.74) is 5.89. The number of H-pyrrole nitrogens is 1. The molecule has 3 saturated heterocycles. The molecule has 20 nitrogen and oxygen atoms in total. The second kappa shape index (κ2) is 10.7. The van der Waals surface area contributed by atoms with Gasteiger partial charge in [0, 0.05) is 0 Å². The Hall–Kier alpha value is -3.64. The number of aromatic nitrogens is 8. The number of nitrogens with two attached hydrogens (primary N) is 1. The molecule has 0 aromatic carbocycles. The average molecular weight is 668 g/mol. The molecule has 7 rings (SSSR count). The zero-order valence-corrected chi connectivity index (χ0v) is 25.1. The molecule has 8 atom stereocenters. The first-order chi connectivity index (χ1) is 21.3. The molecule has 0 radical (unpaired) electrons. The van der Waals surface area contributed by atoms with Crippen LogP contribution in [0.1, 0.15) is 31.1 Å². The standard InChI is InChI=1S/C23H29N11O9S2/c1-9-29-20-15(21(37)30-9)28-8-34(20)22-13-16(35)11(43-22)3-5-44(38,39)31-12-10(2-4-45(40,41)32-13)42-23(17(12)36)33-7-27-14-18(24)25-6-26-19(14)33/h6-8,10-13,16-17,22-23,31-32,35-36H,2-5H2,1H3,(H2,24,25,26)(H,29,30,37)/t10-,11-,12+,13+,16?,17?,22-,23-/m1/s1. The lowest BCUT2D eigenvalue weighted by Crippen LogP contribution is -2.49. The van der Waals surface area contributed by atoms with Crippen molar-refractivity contribution in [3.8, 4) is 0 Å². The molecule has 0 spiro atoms. The third-order valence-corrected chi connectivity index (χ3v) is 11.0. The number of aryl methyl sites for hydroxylation is 1. The van der Waals surface area contributed by atoms with Crippen LogP contribution in [0, 0.1) is 6.92 Å². The molecule has 45 heavy (non-hydrogen) atoms. The van der Waals surface area contributed by atoms with Crippen LogP contribution in [-0.4, -0.2) is 114 Å². The fourth-order valence-electron chi connectivity index (χ4n) is 6.07. The number of fused-ring (bicyclic) bond motifs is 5. The van der Waals surface area contributed by atoms with Crippen LogP contribution in [0.25, 0.3) is 22.3 Å². The summed E-state index contributed by atoms with van der Waals surface area (Å²) in [6.07, 6.45) is -4.34. The van der Waals surface area contributed by atoms with E-state index < -0.39 is 86.1 Å². The maximum Gasteiger partial charge on any atom is 0.279 e. The van der Waals surface area contributed by atoms with Crippen molar-refractivity contribution < 1.29 is 36.5 Å². The zero-order valence-electron chi connectivity index (χ0n) is 23.5.